The van der Waals surface area contributed by atoms with Crippen LogP contribution < -0.4 is 10.1 Å². The molecule has 1 aromatic rings. The SMILES string of the molecule is CCC(C)C(O)CNC(=O)C1=Cc2ccccc2OC1. The Kier molecular flexibility index (Phi) is 4.79. The van der Waals surface area contributed by atoms with Crippen molar-refractivity contribution in [1.29, 1.82) is 0 Å². The number of rotatable bonds is 5. The van der Waals surface area contributed by atoms with Gasteiger partial charge in [-0.15, -0.1) is 0 Å². The first kappa shape index (κ1) is 14.6. The Labute approximate surface area is 119 Å². The number of hydrogen-bond donors (Lipinski definition) is 2. The molecule has 20 heavy (non-hydrogen) atoms. The zero-order chi connectivity index (χ0) is 14.5. The molecular formula is C16H21NO3. The van der Waals surface area contributed by atoms with Crippen LogP contribution in [0, 0.1) is 5.92 Å². The molecule has 4 nitrogen and oxygen atoms in total. The highest BCUT2D eigenvalue weighted by Crippen LogP contribution is 2.25. The van der Waals surface area contributed by atoms with E-state index in [4.69, 9.17) is 4.74 Å². The average molecular weight is 275 g/mol. The summed E-state index contributed by atoms with van der Waals surface area (Å²) >= 11 is 0. The van der Waals surface area contributed by atoms with Crippen LogP contribution >= 0.6 is 0 Å². The van der Waals surface area contributed by atoms with E-state index in [1.807, 2.05) is 44.2 Å². The molecule has 2 rings (SSSR count). The number of para-hydroxylation sites is 1. The third-order valence-electron chi connectivity index (χ3n) is 3.70. The van der Waals surface area contributed by atoms with Crippen molar-refractivity contribution in [2.24, 2.45) is 5.92 Å². The Hall–Kier alpha value is -1.81. The molecule has 1 aromatic carbocycles. The quantitative estimate of drug-likeness (QED) is 0.864. The Morgan fingerprint density at radius 3 is 2.95 bits per heavy atom. The summed E-state index contributed by atoms with van der Waals surface area (Å²) in [6, 6.07) is 7.61. The lowest BCUT2D eigenvalue weighted by atomic mass is 10.0. The third kappa shape index (κ3) is 3.39. The number of aliphatic hydroxyl groups excluding tert-OH is 1. The van der Waals surface area contributed by atoms with Crippen molar-refractivity contribution in [1.82, 2.24) is 5.32 Å². The smallest absolute Gasteiger partial charge is 0.250 e. The first-order chi connectivity index (χ1) is 9.61. The molecule has 0 spiro atoms. The van der Waals surface area contributed by atoms with Gasteiger partial charge in [0.1, 0.15) is 12.4 Å². The summed E-state index contributed by atoms with van der Waals surface area (Å²) in [7, 11) is 0. The van der Waals surface area contributed by atoms with Gasteiger partial charge in [-0.2, -0.15) is 0 Å². The molecule has 108 valence electrons. The monoisotopic (exact) mass is 275 g/mol. The lowest BCUT2D eigenvalue weighted by molar-refractivity contribution is -0.118. The van der Waals surface area contributed by atoms with Crippen LogP contribution in [0.15, 0.2) is 29.8 Å². The molecule has 4 heteroatoms. The molecule has 2 atom stereocenters. The van der Waals surface area contributed by atoms with Crippen molar-refractivity contribution in [2.75, 3.05) is 13.2 Å². The average Bonchev–Trinajstić information content (AvgIpc) is 2.50. The molecule has 1 aliphatic heterocycles. The molecule has 0 aliphatic carbocycles. The zero-order valence-corrected chi connectivity index (χ0v) is 11.9. The molecular weight excluding hydrogens is 254 g/mol. The van der Waals surface area contributed by atoms with E-state index in [-0.39, 0.29) is 25.0 Å². The largest absolute Gasteiger partial charge is 0.488 e. The van der Waals surface area contributed by atoms with Crippen LogP contribution in [0.4, 0.5) is 0 Å². The van der Waals surface area contributed by atoms with Crippen molar-refractivity contribution in [3.8, 4) is 5.75 Å². The second kappa shape index (κ2) is 6.57. The van der Waals surface area contributed by atoms with Crippen LogP contribution in [0.3, 0.4) is 0 Å². The number of ether oxygens (including phenoxy) is 1. The normalized spacial score (nSPS) is 16.4. The summed E-state index contributed by atoms with van der Waals surface area (Å²) in [6.07, 6.45) is 2.21. The van der Waals surface area contributed by atoms with E-state index in [0.29, 0.717) is 5.57 Å². The number of aliphatic hydroxyl groups is 1. The minimum Gasteiger partial charge on any atom is -0.488 e. The molecule has 0 bridgehead atoms. The second-order valence-electron chi connectivity index (χ2n) is 5.16. The van der Waals surface area contributed by atoms with Gasteiger partial charge in [-0.25, -0.2) is 0 Å². The maximum Gasteiger partial charge on any atom is 0.250 e. The number of amides is 1. The number of nitrogens with one attached hydrogen (secondary N) is 1. The summed E-state index contributed by atoms with van der Waals surface area (Å²) in [5, 5.41) is 12.6. The van der Waals surface area contributed by atoms with Gasteiger partial charge in [0.05, 0.1) is 11.7 Å². The van der Waals surface area contributed by atoms with Gasteiger partial charge in [-0.1, -0.05) is 38.5 Å². The van der Waals surface area contributed by atoms with E-state index in [0.717, 1.165) is 17.7 Å². The van der Waals surface area contributed by atoms with Crippen LogP contribution in [0.5, 0.6) is 5.75 Å². The van der Waals surface area contributed by atoms with Crippen molar-refractivity contribution >= 4 is 12.0 Å². The minimum absolute atomic E-state index is 0.174. The summed E-state index contributed by atoms with van der Waals surface area (Å²) < 4.78 is 5.54. The van der Waals surface area contributed by atoms with Gasteiger partial charge in [-0.05, 0) is 18.1 Å². The second-order valence-corrected chi connectivity index (χ2v) is 5.16. The molecule has 0 fully saturated rings. The minimum atomic E-state index is -0.513. The highest BCUT2D eigenvalue weighted by Gasteiger charge is 2.18. The van der Waals surface area contributed by atoms with Crippen molar-refractivity contribution in [2.45, 2.75) is 26.4 Å². The van der Waals surface area contributed by atoms with Crippen molar-refractivity contribution in [3.63, 3.8) is 0 Å². The lowest BCUT2D eigenvalue weighted by Gasteiger charge is -2.20. The Morgan fingerprint density at radius 1 is 1.45 bits per heavy atom. The fraction of sp³-hybridized carbons (Fsp3) is 0.438. The molecule has 0 radical (unpaired) electrons. The highest BCUT2D eigenvalue weighted by molar-refractivity contribution is 5.99. The molecule has 0 aromatic heterocycles. The van der Waals surface area contributed by atoms with Crippen LogP contribution in [0.1, 0.15) is 25.8 Å². The topological polar surface area (TPSA) is 58.6 Å². The molecule has 2 N–H and O–H groups in total. The summed E-state index contributed by atoms with van der Waals surface area (Å²) in [5.41, 5.74) is 1.49. The summed E-state index contributed by atoms with van der Waals surface area (Å²) in [5.74, 6) is 0.790. The fourth-order valence-electron chi connectivity index (χ4n) is 2.03. The Bertz CT molecular complexity index is 510. The molecule has 0 saturated heterocycles. The number of hydrogen-bond acceptors (Lipinski definition) is 3. The predicted molar refractivity (Wildman–Crippen MR) is 78.4 cm³/mol. The third-order valence-corrected chi connectivity index (χ3v) is 3.70. The summed E-state index contributed by atoms with van der Waals surface area (Å²) in [4.78, 5) is 12.1. The fourth-order valence-corrected chi connectivity index (χ4v) is 2.03. The van der Waals surface area contributed by atoms with Gasteiger partial charge in [0.15, 0.2) is 0 Å². The maximum absolute atomic E-state index is 12.1. The molecule has 2 unspecified atom stereocenters. The van der Waals surface area contributed by atoms with E-state index >= 15 is 0 Å². The Balaban J connectivity index is 1.96. The van der Waals surface area contributed by atoms with Gasteiger partial charge in [0, 0.05) is 12.1 Å². The van der Waals surface area contributed by atoms with Crippen LogP contribution in [-0.4, -0.2) is 30.3 Å². The van der Waals surface area contributed by atoms with Crippen molar-refractivity contribution < 1.29 is 14.6 Å². The number of carbonyl (C=O) groups excluding carboxylic acids is 1. The number of carbonyl (C=O) groups is 1. The molecule has 0 saturated carbocycles. The van der Waals surface area contributed by atoms with Gasteiger partial charge in [-0.3, -0.25) is 4.79 Å². The van der Waals surface area contributed by atoms with Crippen LogP contribution in [0.25, 0.3) is 6.08 Å². The van der Waals surface area contributed by atoms with E-state index in [1.165, 1.54) is 0 Å². The van der Waals surface area contributed by atoms with Crippen LogP contribution in [0.2, 0.25) is 0 Å². The van der Waals surface area contributed by atoms with E-state index in [9.17, 15) is 9.90 Å². The number of benzene rings is 1. The zero-order valence-electron chi connectivity index (χ0n) is 11.9. The summed E-state index contributed by atoms with van der Waals surface area (Å²) in [6.45, 7) is 4.52. The lowest BCUT2D eigenvalue weighted by Crippen LogP contribution is -2.37. The predicted octanol–water partition coefficient (Wildman–Crippen LogP) is 1.99. The van der Waals surface area contributed by atoms with Gasteiger partial charge in [0.2, 0.25) is 0 Å². The molecule has 1 heterocycles. The van der Waals surface area contributed by atoms with E-state index in [1.54, 1.807) is 0 Å². The standard InChI is InChI=1S/C16H21NO3/c1-3-11(2)14(18)9-17-16(19)13-8-12-6-4-5-7-15(12)20-10-13/h4-8,11,14,18H,3,9-10H2,1-2H3,(H,17,19). The van der Waals surface area contributed by atoms with Gasteiger partial charge < -0.3 is 15.2 Å². The van der Waals surface area contributed by atoms with Crippen molar-refractivity contribution in [3.05, 3.63) is 35.4 Å². The molecule has 1 amide bonds. The maximum atomic E-state index is 12.1. The first-order valence-corrected chi connectivity index (χ1v) is 7.00. The van der Waals surface area contributed by atoms with Crippen LogP contribution in [-0.2, 0) is 4.79 Å². The van der Waals surface area contributed by atoms with E-state index < -0.39 is 6.10 Å². The molecule has 1 aliphatic rings. The Morgan fingerprint density at radius 2 is 2.20 bits per heavy atom. The first-order valence-electron chi connectivity index (χ1n) is 7.00. The van der Waals surface area contributed by atoms with Gasteiger partial charge in [0.25, 0.3) is 5.91 Å². The van der Waals surface area contributed by atoms with Gasteiger partial charge >= 0.3 is 0 Å². The number of fused-ring (bicyclic) bond motifs is 1. The van der Waals surface area contributed by atoms with E-state index in [2.05, 4.69) is 5.32 Å². The highest BCUT2D eigenvalue weighted by atomic mass is 16.5.